The molecule has 29 heavy (non-hydrogen) atoms. The number of aromatic nitrogens is 2. The molecule has 4 aromatic rings. The van der Waals surface area contributed by atoms with E-state index < -0.39 is 0 Å². The molecule has 0 spiro atoms. The molecular weight excluding hydrogens is 404 g/mol. The van der Waals surface area contributed by atoms with Crippen molar-refractivity contribution in [2.75, 3.05) is 31.1 Å². The molecule has 1 aliphatic heterocycles. The van der Waals surface area contributed by atoms with Gasteiger partial charge in [-0.2, -0.15) is 0 Å². The Morgan fingerprint density at radius 2 is 1.90 bits per heavy atom. The van der Waals surface area contributed by atoms with Crippen molar-refractivity contribution in [2.45, 2.75) is 6.54 Å². The summed E-state index contributed by atoms with van der Waals surface area (Å²) in [4.78, 5) is 26.8. The average molecular weight is 425 g/mol. The molecule has 148 valence electrons. The Kier molecular flexibility index (Phi) is 4.83. The van der Waals surface area contributed by atoms with Crippen LogP contribution in [0.3, 0.4) is 0 Å². The molecule has 2 N–H and O–H groups in total. The summed E-state index contributed by atoms with van der Waals surface area (Å²) in [6, 6.07) is 11.5. The Balaban J connectivity index is 1.32. The first-order chi connectivity index (χ1) is 14.2. The number of hydrogen-bond donors (Lipinski definition) is 2. The molecular formula is C21H20N4O2S2. The van der Waals surface area contributed by atoms with Gasteiger partial charge in [0.05, 0.1) is 17.6 Å². The van der Waals surface area contributed by atoms with E-state index in [1.54, 1.807) is 17.4 Å². The summed E-state index contributed by atoms with van der Waals surface area (Å²) in [7, 11) is 0. The van der Waals surface area contributed by atoms with E-state index in [4.69, 9.17) is 4.98 Å². The predicted octanol–water partition coefficient (Wildman–Crippen LogP) is 3.74. The highest BCUT2D eigenvalue weighted by atomic mass is 32.1. The van der Waals surface area contributed by atoms with Gasteiger partial charge in [-0.25, -0.2) is 4.98 Å². The van der Waals surface area contributed by atoms with Crippen LogP contribution in [0.5, 0.6) is 5.75 Å². The molecule has 0 unspecified atom stereocenters. The van der Waals surface area contributed by atoms with Gasteiger partial charge >= 0.3 is 0 Å². The van der Waals surface area contributed by atoms with Crippen LogP contribution in [0.15, 0.2) is 52.0 Å². The van der Waals surface area contributed by atoms with Crippen LogP contribution in [0.25, 0.3) is 20.7 Å². The fourth-order valence-electron chi connectivity index (χ4n) is 3.77. The van der Waals surface area contributed by atoms with Crippen LogP contribution in [0.2, 0.25) is 0 Å². The lowest BCUT2D eigenvalue weighted by atomic mass is 10.2. The maximum atomic E-state index is 12.8. The molecule has 0 atom stereocenters. The number of H-pyrrole nitrogens is 1. The van der Waals surface area contributed by atoms with Gasteiger partial charge in [-0.3, -0.25) is 9.69 Å². The molecule has 1 aliphatic rings. The number of phenols is 1. The van der Waals surface area contributed by atoms with Crippen LogP contribution >= 0.6 is 22.7 Å². The molecule has 3 aromatic heterocycles. The molecule has 8 heteroatoms. The van der Waals surface area contributed by atoms with Crippen molar-refractivity contribution in [3.05, 3.63) is 63.3 Å². The third kappa shape index (κ3) is 3.55. The third-order valence-electron chi connectivity index (χ3n) is 5.25. The first kappa shape index (κ1) is 18.4. The molecule has 0 amide bonds. The van der Waals surface area contributed by atoms with E-state index in [0.29, 0.717) is 23.5 Å². The fraction of sp³-hybridized carbons (Fsp3) is 0.238. The number of thiophene rings is 2. The number of anilines is 1. The minimum absolute atomic E-state index is 0.0671. The van der Waals surface area contributed by atoms with Crippen LogP contribution in [0.1, 0.15) is 5.82 Å². The van der Waals surface area contributed by atoms with Gasteiger partial charge in [0.1, 0.15) is 16.4 Å². The minimum atomic E-state index is -0.0671. The number of aromatic hydroxyl groups is 1. The van der Waals surface area contributed by atoms with E-state index in [1.807, 2.05) is 41.1 Å². The molecule has 1 aromatic carbocycles. The average Bonchev–Trinajstić information content (AvgIpc) is 3.39. The van der Waals surface area contributed by atoms with Crippen molar-refractivity contribution in [3.63, 3.8) is 0 Å². The Labute approximate surface area is 175 Å². The monoisotopic (exact) mass is 424 g/mol. The van der Waals surface area contributed by atoms with Crippen LogP contribution in [0.4, 0.5) is 5.69 Å². The normalized spacial score (nSPS) is 15.2. The van der Waals surface area contributed by atoms with Gasteiger partial charge in [-0.15, -0.1) is 22.7 Å². The second kappa shape index (κ2) is 7.62. The van der Waals surface area contributed by atoms with Gasteiger partial charge in [0.15, 0.2) is 0 Å². The number of aromatic amines is 1. The van der Waals surface area contributed by atoms with E-state index >= 15 is 0 Å². The van der Waals surface area contributed by atoms with Gasteiger partial charge < -0.3 is 15.0 Å². The van der Waals surface area contributed by atoms with Crippen molar-refractivity contribution >= 4 is 38.6 Å². The van der Waals surface area contributed by atoms with Gasteiger partial charge in [0.2, 0.25) is 0 Å². The van der Waals surface area contributed by atoms with Crippen LogP contribution in [-0.4, -0.2) is 46.2 Å². The van der Waals surface area contributed by atoms with Crippen molar-refractivity contribution in [1.29, 1.82) is 0 Å². The summed E-state index contributed by atoms with van der Waals surface area (Å²) in [5, 5.41) is 14.8. The summed E-state index contributed by atoms with van der Waals surface area (Å²) < 4.78 is 0. The lowest BCUT2D eigenvalue weighted by Gasteiger charge is -2.36. The smallest absolute Gasteiger partial charge is 0.260 e. The fourth-order valence-corrected chi connectivity index (χ4v) is 5.55. The number of para-hydroxylation sites is 2. The number of nitrogens with one attached hydrogen (secondary N) is 1. The summed E-state index contributed by atoms with van der Waals surface area (Å²) in [6.45, 7) is 3.96. The molecule has 0 radical (unpaired) electrons. The number of piperazine rings is 1. The second-order valence-electron chi connectivity index (χ2n) is 7.07. The number of rotatable bonds is 4. The van der Waals surface area contributed by atoms with E-state index in [2.05, 4.69) is 14.8 Å². The molecule has 0 saturated carbocycles. The zero-order valence-electron chi connectivity index (χ0n) is 15.7. The zero-order valence-corrected chi connectivity index (χ0v) is 17.3. The summed E-state index contributed by atoms with van der Waals surface area (Å²) in [5.41, 5.74) is 1.78. The Morgan fingerprint density at radius 3 is 2.66 bits per heavy atom. The Morgan fingerprint density at radius 1 is 1.07 bits per heavy atom. The number of hydrogen-bond acceptors (Lipinski definition) is 7. The predicted molar refractivity (Wildman–Crippen MR) is 119 cm³/mol. The quantitative estimate of drug-likeness (QED) is 0.522. The lowest BCUT2D eigenvalue weighted by Crippen LogP contribution is -2.46. The summed E-state index contributed by atoms with van der Waals surface area (Å²) >= 11 is 3.15. The van der Waals surface area contributed by atoms with Crippen LogP contribution < -0.4 is 10.5 Å². The van der Waals surface area contributed by atoms with Gasteiger partial charge in [-0.1, -0.05) is 18.2 Å². The standard InChI is InChI=1S/C21H20N4O2S2/c26-16-5-2-1-4-15(16)25-9-7-24(8-10-25)12-18-22-20(27)19-14(13-29-21(19)23-18)17-6-3-11-28-17/h1-6,11,13,26H,7-10,12H2,(H,22,23,27). The van der Waals surface area contributed by atoms with Gasteiger partial charge in [0, 0.05) is 42.0 Å². The molecule has 4 heterocycles. The number of phenolic OH excluding ortho intramolecular Hbond substituents is 1. The van der Waals surface area contributed by atoms with Crippen molar-refractivity contribution in [3.8, 4) is 16.2 Å². The molecule has 6 nitrogen and oxygen atoms in total. The minimum Gasteiger partial charge on any atom is -0.506 e. The molecule has 1 saturated heterocycles. The summed E-state index contributed by atoms with van der Waals surface area (Å²) in [5.74, 6) is 1.02. The summed E-state index contributed by atoms with van der Waals surface area (Å²) in [6.07, 6.45) is 0. The Hall–Kier alpha value is -2.68. The van der Waals surface area contributed by atoms with E-state index in [1.165, 1.54) is 11.3 Å². The third-order valence-corrected chi connectivity index (χ3v) is 7.02. The highest BCUT2D eigenvalue weighted by Gasteiger charge is 2.20. The lowest BCUT2D eigenvalue weighted by molar-refractivity contribution is 0.243. The van der Waals surface area contributed by atoms with Crippen LogP contribution in [0, 0.1) is 0 Å². The number of benzene rings is 1. The van der Waals surface area contributed by atoms with Crippen molar-refractivity contribution in [1.82, 2.24) is 14.9 Å². The van der Waals surface area contributed by atoms with Crippen LogP contribution in [-0.2, 0) is 6.54 Å². The molecule has 0 bridgehead atoms. The van der Waals surface area contributed by atoms with Gasteiger partial charge in [-0.05, 0) is 23.6 Å². The second-order valence-corrected chi connectivity index (χ2v) is 8.88. The molecule has 0 aliphatic carbocycles. The van der Waals surface area contributed by atoms with Crippen molar-refractivity contribution in [2.24, 2.45) is 0 Å². The van der Waals surface area contributed by atoms with E-state index in [9.17, 15) is 9.90 Å². The number of fused-ring (bicyclic) bond motifs is 1. The Bertz CT molecular complexity index is 1190. The maximum Gasteiger partial charge on any atom is 0.260 e. The van der Waals surface area contributed by atoms with Crippen molar-refractivity contribution < 1.29 is 5.11 Å². The highest BCUT2D eigenvalue weighted by Crippen LogP contribution is 2.33. The maximum absolute atomic E-state index is 12.8. The van der Waals surface area contributed by atoms with E-state index in [0.717, 1.165) is 47.1 Å². The van der Waals surface area contributed by atoms with E-state index in [-0.39, 0.29) is 5.56 Å². The first-order valence-corrected chi connectivity index (χ1v) is 11.2. The largest absolute Gasteiger partial charge is 0.506 e. The highest BCUT2D eigenvalue weighted by molar-refractivity contribution is 7.18. The topological polar surface area (TPSA) is 72.5 Å². The first-order valence-electron chi connectivity index (χ1n) is 9.48. The zero-order chi connectivity index (χ0) is 19.8. The molecule has 5 rings (SSSR count). The van der Waals surface area contributed by atoms with Gasteiger partial charge in [0.25, 0.3) is 5.56 Å². The molecule has 1 fully saturated rings. The number of nitrogens with zero attached hydrogens (tertiary/aromatic N) is 3. The SMILES string of the molecule is O=c1[nH]c(CN2CCN(c3ccccc3O)CC2)nc2scc(-c3cccs3)c12.